The fraction of sp³-hybridized carbons (Fsp3) is 0.350. The molecule has 2 aromatic rings. The Morgan fingerprint density at radius 3 is 2.26 bits per heavy atom. The van der Waals surface area contributed by atoms with Gasteiger partial charge in [-0.3, -0.25) is 4.79 Å². The lowest BCUT2D eigenvalue weighted by Gasteiger charge is -2.23. The molecule has 0 aromatic heterocycles. The third-order valence-corrected chi connectivity index (χ3v) is 4.18. The first-order valence-corrected chi connectivity index (χ1v) is 7.97. The summed E-state index contributed by atoms with van der Waals surface area (Å²) >= 11 is 0. The number of carbonyl (C=O) groups excluding carboxylic acids is 1. The second-order valence-corrected chi connectivity index (χ2v) is 6.11. The highest BCUT2D eigenvalue weighted by atomic mass is 16.5. The first-order chi connectivity index (χ1) is 11.1. The number of hydrogen-bond donors (Lipinski definition) is 0. The number of rotatable bonds is 8. The van der Waals surface area contributed by atoms with Crippen molar-refractivity contribution in [3.05, 3.63) is 59.7 Å². The molecule has 0 N–H and O–H groups in total. The summed E-state index contributed by atoms with van der Waals surface area (Å²) in [5.74, 6) is 1.42. The number of para-hydroxylation sites is 1. The number of benzene rings is 2. The normalized spacial score (nSPS) is 11.1. The van der Waals surface area contributed by atoms with E-state index < -0.39 is 0 Å². The van der Waals surface area contributed by atoms with Crippen molar-refractivity contribution in [2.75, 3.05) is 13.2 Å². The van der Waals surface area contributed by atoms with Gasteiger partial charge in [0.2, 0.25) is 0 Å². The van der Waals surface area contributed by atoms with Crippen LogP contribution in [0.3, 0.4) is 0 Å². The molecular weight excluding hydrogens is 288 g/mol. The molecule has 0 amide bonds. The largest absolute Gasteiger partial charge is 0.490 e. The highest BCUT2D eigenvalue weighted by molar-refractivity contribution is 5.79. The van der Waals surface area contributed by atoms with Crippen molar-refractivity contribution in [2.45, 2.75) is 32.6 Å². The highest BCUT2D eigenvalue weighted by Crippen LogP contribution is 2.28. The lowest BCUT2D eigenvalue weighted by molar-refractivity contribution is 0.111. The lowest BCUT2D eigenvalue weighted by Crippen LogP contribution is -2.15. The van der Waals surface area contributed by atoms with Crippen molar-refractivity contribution in [3.8, 4) is 11.5 Å². The quantitative estimate of drug-likeness (QED) is 0.526. The summed E-state index contributed by atoms with van der Waals surface area (Å²) in [7, 11) is 0. The summed E-state index contributed by atoms with van der Waals surface area (Å²) in [5, 5.41) is 0. The summed E-state index contributed by atoms with van der Waals surface area (Å²) < 4.78 is 11.3. The van der Waals surface area contributed by atoms with Crippen LogP contribution in [0.15, 0.2) is 48.5 Å². The number of aldehydes is 1. The predicted octanol–water partition coefficient (Wildman–Crippen LogP) is 4.64. The fourth-order valence-corrected chi connectivity index (χ4v) is 2.23. The fourth-order valence-electron chi connectivity index (χ4n) is 2.23. The molecule has 2 aromatic carbocycles. The van der Waals surface area contributed by atoms with Crippen LogP contribution in [0.4, 0.5) is 0 Å². The number of carbonyl (C=O) groups is 1. The van der Waals surface area contributed by atoms with Gasteiger partial charge in [0.25, 0.3) is 0 Å². The first kappa shape index (κ1) is 17.1. The molecule has 0 fully saturated rings. The van der Waals surface area contributed by atoms with E-state index in [4.69, 9.17) is 9.47 Å². The summed E-state index contributed by atoms with van der Waals surface area (Å²) in [6.45, 7) is 7.50. The molecule has 0 aliphatic rings. The van der Waals surface area contributed by atoms with Gasteiger partial charge in [0.05, 0.1) is 5.56 Å². The molecule has 0 heterocycles. The minimum absolute atomic E-state index is 0.181. The van der Waals surface area contributed by atoms with Crippen molar-refractivity contribution < 1.29 is 14.3 Å². The molecule has 23 heavy (non-hydrogen) atoms. The van der Waals surface area contributed by atoms with E-state index in [2.05, 4.69) is 32.9 Å². The van der Waals surface area contributed by atoms with Gasteiger partial charge in [0.15, 0.2) is 6.29 Å². The molecule has 0 saturated carbocycles. The Kier molecular flexibility index (Phi) is 5.80. The van der Waals surface area contributed by atoms with Gasteiger partial charge in [0.1, 0.15) is 24.7 Å². The van der Waals surface area contributed by atoms with Crippen LogP contribution in [-0.4, -0.2) is 19.5 Å². The van der Waals surface area contributed by atoms with Gasteiger partial charge in [-0.1, -0.05) is 45.0 Å². The Morgan fingerprint density at radius 2 is 1.61 bits per heavy atom. The first-order valence-electron chi connectivity index (χ1n) is 7.97. The second-order valence-electron chi connectivity index (χ2n) is 6.11. The van der Waals surface area contributed by atoms with E-state index in [9.17, 15) is 4.79 Å². The minimum atomic E-state index is 0.181. The average Bonchev–Trinajstić information content (AvgIpc) is 2.59. The van der Waals surface area contributed by atoms with Gasteiger partial charge < -0.3 is 9.47 Å². The Balaban J connectivity index is 1.84. The molecule has 0 aliphatic carbocycles. The third kappa shape index (κ3) is 4.59. The van der Waals surface area contributed by atoms with Gasteiger partial charge in [-0.2, -0.15) is 0 Å². The molecule has 0 atom stereocenters. The summed E-state index contributed by atoms with van der Waals surface area (Å²) in [4.78, 5) is 10.9. The molecule has 0 radical (unpaired) electrons. The lowest BCUT2D eigenvalue weighted by atomic mass is 9.82. The second kappa shape index (κ2) is 7.82. The smallest absolute Gasteiger partial charge is 0.153 e. The summed E-state index contributed by atoms with van der Waals surface area (Å²) in [6.07, 6.45) is 1.89. The Morgan fingerprint density at radius 1 is 0.957 bits per heavy atom. The maximum absolute atomic E-state index is 10.9. The molecule has 0 unspecified atom stereocenters. The van der Waals surface area contributed by atoms with Crippen LogP contribution in [0.1, 0.15) is 43.1 Å². The summed E-state index contributed by atoms with van der Waals surface area (Å²) in [6, 6.07) is 15.4. The molecule has 3 nitrogen and oxygen atoms in total. The molecule has 122 valence electrons. The Labute approximate surface area is 138 Å². The van der Waals surface area contributed by atoms with E-state index in [1.54, 1.807) is 12.1 Å². The maximum atomic E-state index is 10.9. The van der Waals surface area contributed by atoms with E-state index in [1.807, 2.05) is 24.3 Å². The van der Waals surface area contributed by atoms with Gasteiger partial charge >= 0.3 is 0 Å². The number of hydrogen-bond acceptors (Lipinski definition) is 3. The van der Waals surface area contributed by atoms with E-state index in [-0.39, 0.29) is 5.41 Å². The van der Waals surface area contributed by atoms with Gasteiger partial charge in [-0.15, -0.1) is 0 Å². The van der Waals surface area contributed by atoms with E-state index >= 15 is 0 Å². The van der Waals surface area contributed by atoms with Crippen molar-refractivity contribution in [3.63, 3.8) is 0 Å². The van der Waals surface area contributed by atoms with Crippen LogP contribution < -0.4 is 9.47 Å². The zero-order valence-corrected chi connectivity index (χ0v) is 14.0. The monoisotopic (exact) mass is 312 g/mol. The van der Waals surface area contributed by atoms with Crippen LogP contribution in [0.25, 0.3) is 0 Å². The van der Waals surface area contributed by atoms with Crippen molar-refractivity contribution in [1.29, 1.82) is 0 Å². The molecule has 0 saturated heterocycles. The van der Waals surface area contributed by atoms with Gasteiger partial charge in [-0.25, -0.2) is 0 Å². The van der Waals surface area contributed by atoms with E-state index in [1.165, 1.54) is 5.56 Å². The topological polar surface area (TPSA) is 35.5 Å². The molecule has 0 spiro atoms. The van der Waals surface area contributed by atoms with Gasteiger partial charge in [-0.05, 0) is 41.7 Å². The van der Waals surface area contributed by atoms with Crippen LogP contribution in [0.5, 0.6) is 11.5 Å². The van der Waals surface area contributed by atoms with Crippen molar-refractivity contribution in [1.82, 2.24) is 0 Å². The molecule has 0 aliphatic heterocycles. The third-order valence-electron chi connectivity index (χ3n) is 4.18. The SMILES string of the molecule is CCC(C)(C)c1ccc(OCCOc2ccccc2C=O)cc1. The van der Waals surface area contributed by atoms with Crippen molar-refractivity contribution in [2.24, 2.45) is 0 Å². The maximum Gasteiger partial charge on any atom is 0.153 e. The van der Waals surface area contributed by atoms with Crippen LogP contribution in [-0.2, 0) is 5.41 Å². The zero-order valence-electron chi connectivity index (χ0n) is 14.0. The molecule has 2 rings (SSSR count). The average molecular weight is 312 g/mol. The summed E-state index contributed by atoms with van der Waals surface area (Å²) in [5.41, 5.74) is 2.04. The molecular formula is C20H24O3. The minimum Gasteiger partial charge on any atom is -0.490 e. The van der Waals surface area contributed by atoms with Gasteiger partial charge in [0, 0.05) is 0 Å². The molecule has 0 bridgehead atoms. The van der Waals surface area contributed by atoms with E-state index in [0.717, 1.165) is 18.5 Å². The van der Waals surface area contributed by atoms with Crippen LogP contribution in [0, 0.1) is 0 Å². The number of ether oxygens (including phenoxy) is 2. The zero-order chi connectivity index (χ0) is 16.7. The predicted molar refractivity (Wildman–Crippen MR) is 92.6 cm³/mol. The van der Waals surface area contributed by atoms with E-state index in [0.29, 0.717) is 24.5 Å². The standard InChI is InChI=1S/C20H24O3/c1-4-20(2,3)17-9-11-18(12-10-17)22-13-14-23-19-8-6-5-7-16(19)15-21/h5-12,15H,4,13-14H2,1-3H3. The van der Waals surface area contributed by atoms with Crippen LogP contribution in [0.2, 0.25) is 0 Å². The van der Waals surface area contributed by atoms with Crippen molar-refractivity contribution >= 4 is 6.29 Å². The highest BCUT2D eigenvalue weighted by Gasteiger charge is 2.17. The Bertz CT molecular complexity index is 630. The Hall–Kier alpha value is -2.29. The molecule has 3 heteroatoms. The van der Waals surface area contributed by atoms with Crippen LogP contribution >= 0.6 is 0 Å².